The normalized spacial score (nSPS) is 11.8. The van der Waals surface area contributed by atoms with Crippen LogP contribution in [0.4, 0.5) is 4.79 Å². The molecule has 1 amide bonds. The lowest BCUT2D eigenvalue weighted by molar-refractivity contribution is 0.143. The highest BCUT2D eigenvalue weighted by atomic mass is 16.6. The molecule has 3 N–H and O–H groups in total. The van der Waals surface area contributed by atoms with E-state index in [2.05, 4.69) is 24.3 Å². The minimum Gasteiger partial charge on any atom is -0.448 e. The quantitative estimate of drug-likeness (QED) is 0.504. The monoisotopic (exact) mass is 284 g/mol. The standard InChI is InChI=1S/C15H14N2O2.C2H6/c16-17-15(18)19-9-14-12-7-3-1-5-10(12)11-6-2-4-8-13(11)14;1-2/h1-8,14H,9,16H2,(H,17,18);1-2H3. The first-order valence-corrected chi connectivity index (χ1v) is 7.13. The fourth-order valence-electron chi connectivity index (χ4n) is 2.64. The van der Waals surface area contributed by atoms with E-state index < -0.39 is 6.09 Å². The highest BCUT2D eigenvalue weighted by Crippen LogP contribution is 2.44. The molecule has 1 aliphatic rings. The molecule has 0 radical (unpaired) electrons. The lowest BCUT2D eigenvalue weighted by Crippen LogP contribution is -2.31. The molecule has 0 saturated heterocycles. The van der Waals surface area contributed by atoms with E-state index >= 15 is 0 Å². The van der Waals surface area contributed by atoms with Crippen LogP contribution in [0.5, 0.6) is 0 Å². The molecule has 0 aliphatic heterocycles. The van der Waals surface area contributed by atoms with Crippen LogP contribution in [0.15, 0.2) is 48.5 Å². The number of carbonyl (C=O) groups is 1. The van der Waals surface area contributed by atoms with Crippen LogP contribution in [0.3, 0.4) is 0 Å². The molecule has 4 nitrogen and oxygen atoms in total. The largest absolute Gasteiger partial charge is 0.448 e. The number of rotatable bonds is 2. The summed E-state index contributed by atoms with van der Waals surface area (Å²) in [6, 6.07) is 16.4. The summed E-state index contributed by atoms with van der Waals surface area (Å²) in [5.74, 6) is 5.10. The molecule has 2 aromatic rings. The van der Waals surface area contributed by atoms with Gasteiger partial charge < -0.3 is 4.74 Å². The minimum absolute atomic E-state index is 0.0738. The van der Waals surface area contributed by atoms with Crippen molar-refractivity contribution in [3.63, 3.8) is 0 Å². The van der Waals surface area contributed by atoms with Crippen LogP contribution in [0.25, 0.3) is 11.1 Å². The van der Waals surface area contributed by atoms with Gasteiger partial charge in [0, 0.05) is 5.92 Å². The fraction of sp³-hybridized carbons (Fsp3) is 0.235. The molecule has 21 heavy (non-hydrogen) atoms. The number of hydrogen-bond donors (Lipinski definition) is 2. The van der Waals surface area contributed by atoms with Gasteiger partial charge in [-0.15, -0.1) is 0 Å². The lowest BCUT2D eigenvalue weighted by Gasteiger charge is -2.13. The highest BCUT2D eigenvalue weighted by Gasteiger charge is 2.28. The Kier molecular flexibility index (Phi) is 4.95. The maximum atomic E-state index is 11.1. The summed E-state index contributed by atoms with van der Waals surface area (Å²) in [6.07, 6.45) is -0.609. The Morgan fingerprint density at radius 3 is 2.00 bits per heavy atom. The number of ether oxygens (including phenoxy) is 1. The Balaban J connectivity index is 0.000000774. The van der Waals surface area contributed by atoms with Crippen molar-refractivity contribution in [2.45, 2.75) is 19.8 Å². The zero-order valence-electron chi connectivity index (χ0n) is 12.3. The Morgan fingerprint density at radius 1 is 1.05 bits per heavy atom. The number of nitrogens with two attached hydrogens (primary N) is 1. The number of carbonyl (C=O) groups excluding carboxylic acids is 1. The summed E-state index contributed by atoms with van der Waals surface area (Å²) in [4.78, 5) is 11.1. The zero-order chi connectivity index (χ0) is 15.2. The number of hydrogen-bond acceptors (Lipinski definition) is 3. The van der Waals surface area contributed by atoms with Crippen LogP contribution in [-0.4, -0.2) is 12.7 Å². The molecule has 2 aromatic carbocycles. The Hall–Kier alpha value is -2.33. The molecule has 0 spiro atoms. The Bertz CT molecular complexity index is 580. The number of benzene rings is 2. The van der Waals surface area contributed by atoms with Gasteiger partial charge in [-0.1, -0.05) is 62.4 Å². The fourth-order valence-corrected chi connectivity index (χ4v) is 2.64. The van der Waals surface area contributed by atoms with Crippen molar-refractivity contribution in [1.29, 1.82) is 0 Å². The van der Waals surface area contributed by atoms with E-state index in [0.29, 0.717) is 0 Å². The second kappa shape index (κ2) is 6.90. The molecule has 4 heteroatoms. The summed E-state index contributed by atoms with van der Waals surface area (Å²) >= 11 is 0. The van der Waals surface area contributed by atoms with Gasteiger partial charge in [-0.2, -0.15) is 0 Å². The third-order valence-electron chi connectivity index (χ3n) is 3.46. The van der Waals surface area contributed by atoms with Gasteiger partial charge >= 0.3 is 6.09 Å². The molecule has 0 unspecified atom stereocenters. The van der Waals surface area contributed by atoms with Crippen LogP contribution in [0, 0.1) is 0 Å². The molecule has 0 saturated carbocycles. The van der Waals surface area contributed by atoms with Gasteiger partial charge in [0.15, 0.2) is 0 Å². The molecule has 0 aromatic heterocycles. The van der Waals surface area contributed by atoms with Crippen LogP contribution in [0.1, 0.15) is 30.9 Å². The van der Waals surface area contributed by atoms with Crippen molar-refractivity contribution >= 4 is 6.09 Å². The molecule has 0 bridgehead atoms. The average Bonchev–Trinajstić information content (AvgIpc) is 2.88. The molecular weight excluding hydrogens is 264 g/mol. The number of fused-ring (bicyclic) bond motifs is 3. The molecule has 0 atom stereocenters. The van der Waals surface area contributed by atoms with Crippen LogP contribution < -0.4 is 11.3 Å². The highest BCUT2D eigenvalue weighted by molar-refractivity contribution is 5.79. The van der Waals surface area contributed by atoms with Gasteiger partial charge in [0.05, 0.1) is 0 Å². The summed E-state index contributed by atoms with van der Waals surface area (Å²) in [7, 11) is 0. The van der Waals surface area contributed by atoms with E-state index in [9.17, 15) is 4.79 Å². The summed E-state index contributed by atoms with van der Waals surface area (Å²) < 4.78 is 5.11. The molecule has 110 valence electrons. The Labute approximate surface area is 124 Å². The average molecular weight is 284 g/mol. The molecule has 1 aliphatic carbocycles. The third-order valence-corrected chi connectivity index (χ3v) is 3.46. The summed E-state index contributed by atoms with van der Waals surface area (Å²) in [6.45, 7) is 4.29. The first-order chi connectivity index (χ1) is 10.3. The Morgan fingerprint density at radius 2 is 1.52 bits per heavy atom. The second-order valence-electron chi connectivity index (χ2n) is 4.47. The van der Waals surface area contributed by atoms with Gasteiger partial charge in [-0.05, 0) is 22.3 Å². The van der Waals surface area contributed by atoms with Gasteiger partial charge in [-0.3, -0.25) is 5.43 Å². The summed E-state index contributed by atoms with van der Waals surface area (Å²) in [5.41, 5.74) is 6.77. The second-order valence-corrected chi connectivity index (χ2v) is 4.47. The van der Waals surface area contributed by atoms with Crippen molar-refractivity contribution in [3.05, 3.63) is 59.7 Å². The first kappa shape index (κ1) is 15.1. The van der Waals surface area contributed by atoms with Crippen molar-refractivity contribution in [3.8, 4) is 11.1 Å². The van der Waals surface area contributed by atoms with E-state index in [0.717, 1.165) is 0 Å². The molecule has 0 heterocycles. The molecular formula is C17H20N2O2. The predicted molar refractivity (Wildman–Crippen MR) is 83.7 cm³/mol. The number of hydrazine groups is 1. The van der Waals surface area contributed by atoms with E-state index in [1.54, 1.807) is 0 Å². The number of amides is 1. The molecule has 3 rings (SSSR count). The van der Waals surface area contributed by atoms with E-state index in [1.165, 1.54) is 22.3 Å². The van der Waals surface area contributed by atoms with Crippen molar-refractivity contribution in [2.24, 2.45) is 5.84 Å². The van der Waals surface area contributed by atoms with E-state index in [4.69, 9.17) is 10.6 Å². The van der Waals surface area contributed by atoms with Crippen LogP contribution >= 0.6 is 0 Å². The third kappa shape index (κ3) is 2.90. The molecule has 0 fully saturated rings. The topological polar surface area (TPSA) is 64.3 Å². The SMILES string of the molecule is CC.NNC(=O)OCC1c2ccccc2-c2ccccc21. The maximum Gasteiger partial charge on any atom is 0.421 e. The maximum absolute atomic E-state index is 11.1. The van der Waals surface area contributed by atoms with Gasteiger partial charge in [0.1, 0.15) is 6.61 Å². The van der Waals surface area contributed by atoms with Crippen molar-refractivity contribution in [2.75, 3.05) is 6.61 Å². The van der Waals surface area contributed by atoms with Crippen LogP contribution in [0.2, 0.25) is 0 Å². The predicted octanol–water partition coefficient (Wildman–Crippen LogP) is 3.43. The van der Waals surface area contributed by atoms with Gasteiger partial charge in [0.25, 0.3) is 0 Å². The van der Waals surface area contributed by atoms with Crippen LogP contribution in [-0.2, 0) is 4.74 Å². The smallest absolute Gasteiger partial charge is 0.421 e. The lowest BCUT2D eigenvalue weighted by atomic mass is 9.98. The van der Waals surface area contributed by atoms with Gasteiger partial charge in [0.2, 0.25) is 0 Å². The van der Waals surface area contributed by atoms with Crippen molar-refractivity contribution < 1.29 is 9.53 Å². The number of nitrogens with one attached hydrogen (secondary N) is 1. The summed E-state index contributed by atoms with van der Waals surface area (Å²) in [5, 5.41) is 0. The minimum atomic E-state index is -0.609. The van der Waals surface area contributed by atoms with E-state index in [-0.39, 0.29) is 12.5 Å². The van der Waals surface area contributed by atoms with Crippen molar-refractivity contribution in [1.82, 2.24) is 5.43 Å². The zero-order valence-corrected chi connectivity index (χ0v) is 12.3. The van der Waals surface area contributed by atoms with Gasteiger partial charge in [-0.25, -0.2) is 10.6 Å². The van der Waals surface area contributed by atoms with E-state index in [1.807, 2.05) is 43.5 Å². The first-order valence-electron chi connectivity index (χ1n) is 7.13.